The lowest BCUT2D eigenvalue weighted by molar-refractivity contribution is -0.115. The van der Waals surface area contributed by atoms with Crippen LogP contribution in [-0.2, 0) is 4.79 Å². The Hall–Kier alpha value is -0.770. The molecule has 1 heterocycles. The van der Waals surface area contributed by atoms with Crippen LogP contribution >= 0.6 is 11.8 Å². The molecule has 0 spiro atoms. The van der Waals surface area contributed by atoms with Gasteiger partial charge in [0.05, 0.1) is 4.91 Å². The van der Waals surface area contributed by atoms with Crippen LogP contribution in [0.2, 0.25) is 0 Å². The topological polar surface area (TPSA) is 46.2 Å². The zero-order chi connectivity index (χ0) is 12.2. The van der Waals surface area contributed by atoms with Crippen molar-refractivity contribution in [1.29, 1.82) is 0 Å². The van der Waals surface area contributed by atoms with Crippen molar-refractivity contribution in [2.45, 2.75) is 46.5 Å². The van der Waals surface area contributed by atoms with E-state index in [9.17, 15) is 9.59 Å². The van der Waals surface area contributed by atoms with Gasteiger partial charge >= 0.3 is 0 Å². The zero-order valence-corrected chi connectivity index (χ0v) is 10.9. The summed E-state index contributed by atoms with van der Waals surface area (Å²) < 4.78 is 0. The van der Waals surface area contributed by atoms with Crippen molar-refractivity contribution in [3.05, 3.63) is 11.0 Å². The highest BCUT2D eigenvalue weighted by molar-refractivity contribution is 8.18. The molecule has 90 valence electrons. The molecule has 0 aliphatic carbocycles. The first-order valence-corrected chi connectivity index (χ1v) is 6.58. The molecule has 0 aromatic carbocycles. The second-order valence-corrected chi connectivity index (χ2v) is 5.52. The lowest BCUT2D eigenvalue weighted by Gasteiger charge is -2.25. The Morgan fingerprint density at radius 2 is 1.81 bits per heavy atom. The molecule has 16 heavy (non-hydrogen) atoms. The van der Waals surface area contributed by atoms with Gasteiger partial charge < -0.3 is 0 Å². The van der Waals surface area contributed by atoms with Gasteiger partial charge in [-0.2, -0.15) is 0 Å². The summed E-state index contributed by atoms with van der Waals surface area (Å²) >= 11 is 1.01. The Bertz CT molecular complexity index is 317. The molecule has 3 nitrogen and oxygen atoms in total. The summed E-state index contributed by atoms with van der Waals surface area (Å²) in [5, 5.41) is 2.03. The second kappa shape index (κ2) is 5.53. The van der Waals surface area contributed by atoms with Crippen LogP contribution in [-0.4, -0.2) is 11.1 Å². The smallest absolute Gasteiger partial charge is 0.282 e. The third kappa shape index (κ3) is 3.37. The van der Waals surface area contributed by atoms with Gasteiger partial charge in [-0.05, 0) is 30.0 Å². The molecule has 0 radical (unpaired) electrons. The number of imide groups is 1. The van der Waals surface area contributed by atoms with Crippen LogP contribution < -0.4 is 5.32 Å². The summed E-state index contributed by atoms with van der Waals surface area (Å²) in [5.74, 6) is -0.242. The normalized spacial score (nSPS) is 19.3. The van der Waals surface area contributed by atoms with E-state index in [-0.39, 0.29) is 16.6 Å². The highest BCUT2D eigenvalue weighted by atomic mass is 32.2. The van der Waals surface area contributed by atoms with Gasteiger partial charge in [-0.3, -0.25) is 14.9 Å². The lowest BCUT2D eigenvalue weighted by Crippen LogP contribution is -2.19. The predicted molar refractivity (Wildman–Crippen MR) is 67.1 cm³/mol. The molecule has 0 bridgehead atoms. The van der Waals surface area contributed by atoms with E-state index in [1.807, 2.05) is 6.08 Å². The maximum atomic E-state index is 11.4. The summed E-state index contributed by atoms with van der Waals surface area (Å²) in [5.41, 5.74) is 0.0355. The fourth-order valence-electron chi connectivity index (χ4n) is 2.15. The fraction of sp³-hybridized carbons (Fsp3) is 0.667. The Morgan fingerprint density at radius 1 is 1.25 bits per heavy atom. The predicted octanol–water partition coefficient (Wildman–Crippen LogP) is 3.46. The van der Waals surface area contributed by atoms with E-state index in [1.165, 1.54) is 0 Å². The fourth-order valence-corrected chi connectivity index (χ4v) is 2.98. The van der Waals surface area contributed by atoms with Crippen molar-refractivity contribution >= 4 is 22.9 Å². The minimum Gasteiger partial charge on any atom is -0.282 e. The van der Waals surface area contributed by atoms with Crippen LogP contribution in [0.4, 0.5) is 4.79 Å². The first kappa shape index (κ1) is 13.3. The van der Waals surface area contributed by atoms with E-state index in [0.29, 0.717) is 4.91 Å². The Labute approximate surface area is 101 Å². The standard InChI is InChI=1S/C12H19NO2S/c1-4-6-12(3,7-5-2)8-9-10(14)13-11(15)16-9/h8H,4-7H2,1-3H3,(H,13,14,15)/b9-8+. The minimum absolute atomic E-state index is 0.0355. The maximum Gasteiger partial charge on any atom is 0.290 e. The minimum atomic E-state index is -0.258. The van der Waals surface area contributed by atoms with Gasteiger partial charge in [-0.25, -0.2) is 0 Å². The van der Waals surface area contributed by atoms with Crippen molar-refractivity contribution < 1.29 is 9.59 Å². The van der Waals surface area contributed by atoms with Crippen molar-refractivity contribution in [3.63, 3.8) is 0 Å². The molecule has 0 aromatic rings. The van der Waals surface area contributed by atoms with E-state index in [4.69, 9.17) is 0 Å². The maximum absolute atomic E-state index is 11.4. The van der Waals surface area contributed by atoms with Crippen LogP contribution in [0.5, 0.6) is 0 Å². The average Bonchev–Trinajstić information content (AvgIpc) is 2.45. The Morgan fingerprint density at radius 3 is 2.19 bits per heavy atom. The molecule has 1 rings (SSSR count). The van der Waals surface area contributed by atoms with Gasteiger partial charge in [0.1, 0.15) is 0 Å². The van der Waals surface area contributed by atoms with Crippen LogP contribution in [0.3, 0.4) is 0 Å². The first-order chi connectivity index (χ1) is 7.50. The number of carbonyl (C=O) groups is 2. The number of carbonyl (C=O) groups excluding carboxylic acids is 2. The van der Waals surface area contributed by atoms with Gasteiger partial charge in [0, 0.05) is 0 Å². The number of allylic oxidation sites excluding steroid dienone is 1. The van der Waals surface area contributed by atoms with Crippen molar-refractivity contribution in [2.75, 3.05) is 0 Å². The molecule has 0 aromatic heterocycles. The molecule has 1 aliphatic rings. The molecule has 4 heteroatoms. The van der Waals surface area contributed by atoms with Crippen molar-refractivity contribution in [3.8, 4) is 0 Å². The first-order valence-electron chi connectivity index (χ1n) is 5.77. The van der Waals surface area contributed by atoms with Crippen LogP contribution in [0.25, 0.3) is 0 Å². The zero-order valence-electron chi connectivity index (χ0n) is 10.1. The quantitative estimate of drug-likeness (QED) is 0.750. The summed E-state index contributed by atoms with van der Waals surface area (Å²) in [6.45, 7) is 6.43. The number of hydrogen-bond donors (Lipinski definition) is 1. The van der Waals surface area contributed by atoms with Gasteiger partial charge in [-0.1, -0.05) is 39.7 Å². The lowest BCUT2D eigenvalue weighted by atomic mass is 9.81. The van der Waals surface area contributed by atoms with E-state index in [2.05, 4.69) is 26.1 Å². The van der Waals surface area contributed by atoms with E-state index < -0.39 is 0 Å². The molecule has 1 saturated heterocycles. The van der Waals surface area contributed by atoms with Crippen LogP contribution in [0.15, 0.2) is 11.0 Å². The highest BCUT2D eigenvalue weighted by Gasteiger charge is 2.29. The van der Waals surface area contributed by atoms with Gasteiger partial charge in [0.15, 0.2) is 0 Å². The average molecular weight is 241 g/mol. The summed E-state index contributed by atoms with van der Waals surface area (Å²) in [6.07, 6.45) is 6.24. The number of rotatable bonds is 5. The highest BCUT2D eigenvalue weighted by Crippen LogP contribution is 2.36. The molecule has 0 unspecified atom stereocenters. The van der Waals surface area contributed by atoms with E-state index in [1.54, 1.807) is 0 Å². The monoisotopic (exact) mass is 241 g/mol. The summed E-state index contributed by atoms with van der Waals surface area (Å²) in [6, 6.07) is 0. The van der Waals surface area contributed by atoms with Crippen LogP contribution in [0.1, 0.15) is 46.5 Å². The molecule has 0 saturated carbocycles. The SMILES string of the molecule is CCCC(C)(/C=C1/SC(=O)NC1=O)CCC. The molecular formula is C12H19NO2S. The molecular weight excluding hydrogens is 222 g/mol. The molecule has 2 amide bonds. The van der Waals surface area contributed by atoms with Crippen molar-refractivity contribution in [2.24, 2.45) is 5.41 Å². The number of amides is 2. The van der Waals surface area contributed by atoms with Gasteiger partial charge in [0.25, 0.3) is 11.1 Å². The van der Waals surface area contributed by atoms with Gasteiger partial charge in [-0.15, -0.1) is 0 Å². The molecule has 1 fully saturated rings. The number of thioether (sulfide) groups is 1. The van der Waals surface area contributed by atoms with Gasteiger partial charge in [0.2, 0.25) is 0 Å². The van der Waals surface area contributed by atoms with Crippen LogP contribution in [0, 0.1) is 5.41 Å². The largest absolute Gasteiger partial charge is 0.290 e. The van der Waals surface area contributed by atoms with Crippen molar-refractivity contribution in [1.82, 2.24) is 5.32 Å². The third-order valence-electron chi connectivity index (χ3n) is 2.76. The third-order valence-corrected chi connectivity index (χ3v) is 3.57. The summed E-state index contributed by atoms with van der Waals surface area (Å²) in [4.78, 5) is 23.1. The molecule has 0 atom stereocenters. The van der Waals surface area contributed by atoms with E-state index >= 15 is 0 Å². The molecule has 1 aliphatic heterocycles. The number of hydrogen-bond acceptors (Lipinski definition) is 3. The van der Waals surface area contributed by atoms with E-state index in [0.717, 1.165) is 37.4 Å². The second-order valence-electron chi connectivity index (χ2n) is 4.51. The molecule has 1 N–H and O–H groups in total. The number of nitrogens with one attached hydrogen (secondary N) is 1. The summed E-state index contributed by atoms with van der Waals surface area (Å²) in [7, 11) is 0. The Balaban J connectivity index is 2.84. The Kier molecular flexibility index (Phi) is 4.59.